The van der Waals surface area contributed by atoms with E-state index >= 15 is 0 Å². The van der Waals surface area contributed by atoms with E-state index < -0.39 is 0 Å². The first-order valence-corrected chi connectivity index (χ1v) is 11.3. The van der Waals surface area contributed by atoms with Crippen LogP contribution in [0, 0.1) is 0 Å². The van der Waals surface area contributed by atoms with E-state index in [0.29, 0.717) is 6.04 Å². The number of anilines is 1. The molecule has 154 valence electrons. The predicted molar refractivity (Wildman–Crippen MR) is 121 cm³/mol. The fourth-order valence-electron chi connectivity index (χ4n) is 4.10. The molecule has 1 aliphatic heterocycles. The van der Waals surface area contributed by atoms with E-state index in [1.807, 2.05) is 18.3 Å². The highest BCUT2D eigenvalue weighted by atomic mass is 35.5. The van der Waals surface area contributed by atoms with Crippen LogP contribution in [0.1, 0.15) is 46.0 Å². The summed E-state index contributed by atoms with van der Waals surface area (Å²) in [4.78, 5) is 9.67. The number of likely N-dealkylation sites (tertiary alicyclic amines) is 1. The Morgan fingerprint density at radius 1 is 1.18 bits per heavy atom. The van der Waals surface area contributed by atoms with Crippen LogP contribution in [0.5, 0.6) is 0 Å². The van der Waals surface area contributed by atoms with Gasteiger partial charge in [0.2, 0.25) is 0 Å². The number of nitrogens with one attached hydrogen (secondary N) is 1. The smallest absolute Gasteiger partial charge is 0.0737 e. The molecule has 1 aliphatic rings. The fraction of sp³-hybridized carbons (Fsp3) is 0.609. The lowest BCUT2D eigenvalue weighted by Crippen LogP contribution is -2.38. The number of pyridine rings is 1. The lowest BCUT2D eigenvalue weighted by atomic mass is 10.1. The molecule has 1 saturated heterocycles. The van der Waals surface area contributed by atoms with Crippen molar-refractivity contribution in [2.75, 3.05) is 44.6 Å². The lowest BCUT2D eigenvalue weighted by molar-refractivity contribution is 0.183. The fourth-order valence-corrected chi connectivity index (χ4v) is 4.27. The second-order valence-electron chi connectivity index (χ2n) is 8.04. The van der Waals surface area contributed by atoms with E-state index in [1.54, 1.807) is 0 Å². The molecule has 3 rings (SSSR count). The van der Waals surface area contributed by atoms with Gasteiger partial charge < -0.3 is 15.1 Å². The average Bonchev–Trinajstić information content (AvgIpc) is 2.71. The molecular weight excluding hydrogens is 368 g/mol. The van der Waals surface area contributed by atoms with Crippen molar-refractivity contribution in [3.05, 3.63) is 35.5 Å². The van der Waals surface area contributed by atoms with Crippen molar-refractivity contribution < 1.29 is 0 Å². The number of aromatic nitrogens is 1. The molecule has 0 radical (unpaired) electrons. The predicted octanol–water partition coefficient (Wildman–Crippen LogP) is 5.28. The normalized spacial score (nSPS) is 16.6. The summed E-state index contributed by atoms with van der Waals surface area (Å²) in [5, 5.41) is 5.54. The Balaban J connectivity index is 1.43. The zero-order valence-electron chi connectivity index (χ0n) is 17.5. The molecule has 0 bridgehead atoms. The third-order valence-electron chi connectivity index (χ3n) is 5.85. The first kappa shape index (κ1) is 21.4. The van der Waals surface area contributed by atoms with E-state index in [-0.39, 0.29) is 0 Å². The van der Waals surface area contributed by atoms with Crippen molar-refractivity contribution >= 4 is 28.2 Å². The monoisotopic (exact) mass is 402 g/mol. The third kappa shape index (κ3) is 6.33. The summed E-state index contributed by atoms with van der Waals surface area (Å²) in [6.45, 7) is 11.9. The van der Waals surface area contributed by atoms with Gasteiger partial charge in [-0.3, -0.25) is 4.98 Å². The van der Waals surface area contributed by atoms with E-state index in [4.69, 9.17) is 11.6 Å². The quantitative estimate of drug-likeness (QED) is 0.586. The summed E-state index contributed by atoms with van der Waals surface area (Å²) in [7, 11) is 0. The molecule has 0 saturated carbocycles. The van der Waals surface area contributed by atoms with Gasteiger partial charge in [-0.1, -0.05) is 24.9 Å². The Kier molecular flexibility index (Phi) is 8.38. The Bertz CT molecular complexity index is 730. The molecule has 1 fully saturated rings. The number of hydrogen-bond acceptors (Lipinski definition) is 4. The van der Waals surface area contributed by atoms with Gasteiger partial charge >= 0.3 is 0 Å². The number of piperidine rings is 1. The number of likely N-dealkylation sites (N-methyl/N-ethyl adjacent to an activating group) is 1. The molecule has 5 heteroatoms. The number of fused-ring (bicyclic) bond motifs is 1. The zero-order chi connectivity index (χ0) is 19.8. The minimum absolute atomic E-state index is 0.432. The van der Waals surface area contributed by atoms with Crippen molar-refractivity contribution in [3.8, 4) is 0 Å². The lowest BCUT2D eigenvalue weighted by Gasteiger charge is -2.29. The molecule has 0 amide bonds. The zero-order valence-corrected chi connectivity index (χ0v) is 18.2. The van der Waals surface area contributed by atoms with Crippen LogP contribution in [0.25, 0.3) is 10.9 Å². The third-order valence-corrected chi connectivity index (χ3v) is 6.08. The number of hydrogen-bond donors (Lipinski definition) is 1. The molecule has 0 aliphatic carbocycles. The van der Waals surface area contributed by atoms with Crippen molar-refractivity contribution in [1.29, 1.82) is 0 Å². The van der Waals surface area contributed by atoms with Crippen LogP contribution in [0.2, 0.25) is 5.02 Å². The highest BCUT2D eigenvalue weighted by molar-refractivity contribution is 6.31. The maximum atomic E-state index is 6.10. The number of halogens is 1. The first-order chi connectivity index (χ1) is 13.7. The largest absolute Gasteiger partial charge is 0.382 e. The Hall–Kier alpha value is -1.36. The summed E-state index contributed by atoms with van der Waals surface area (Å²) in [6.07, 6.45) is 8.41. The molecule has 0 spiro atoms. The van der Waals surface area contributed by atoms with Crippen LogP contribution >= 0.6 is 11.6 Å². The summed E-state index contributed by atoms with van der Waals surface area (Å²) in [5.74, 6) is 0. The van der Waals surface area contributed by atoms with Crippen LogP contribution in [0.4, 0.5) is 5.69 Å². The number of nitrogens with zero attached hydrogens (tertiary/aromatic N) is 3. The van der Waals surface area contributed by atoms with E-state index in [0.717, 1.165) is 34.6 Å². The van der Waals surface area contributed by atoms with Crippen LogP contribution in [-0.2, 0) is 0 Å². The maximum Gasteiger partial charge on any atom is 0.0737 e. The first-order valence-electron chi connectivity index (χ1n) is 10.9. The van der Waals surface area contributed by atoms with Gasteiger partial charge in [0, 0.05) is 41.4 Å². The Morgan fingerprint density at radius 2 is 2.00 bits per heavy atom. The highest BCUT2D eigenvalue weighted by Gasteiger charge is 2.12. The molecule has 2 aromatic rings. The summed E-state index contributed by atoms with van der Waals surface area (Å²) in [5.41, 5.74) is 2.09. The second kappa shape index (κ2) is 11.0. The highest BCUT2D eigenvalue weighted by Crippen LogP contribution is 2.25. The molecule has 28 heavy (non-hydrogen) atoms. The maximum absolute atomic E-state index is 6.10. The number of rotatable bonds is 10. The average molecular weight is 403 g/mol. The molecule has 2 heterocycles. The molecule has 1 N–H and O–H groups in total. The molecule has 4 nitrogen and oxygen atoms in total. The van der Waals surface area contributed by atoms with Gasteiger partial charge in [0.05, 0.1) is 5.52 Å². The van der Waals surface area contributed by atoms with Gasteiger partial charge in [-0.05, 0) is 83.1 Å². The van der Waals surface area contributed by atoms with Gasteiger partial charge in [-0.25, -0.2) is 0 Å². The minimum atomic E-state index is 0.432. The molecule has 1 atom stereocenters. The second-order valence-corrected chi connectivity index (χ2v) is 8.48. The van der Waals surface area contributed by atoms with Crippen LogP contribution in [0.15, 0.2) is 30.5 Å². The van der Waals surface area contributed by atoms with Gasteiger partial charge in [-0.2, -0.15) is 0 Å². The van der Waals surface area contributed by atoms with E-state index in [9.17, 15) is 0 Å². The van der Waals surface area contributed by atoms with E-state index in [2.05, 4.69) is 46.1 Å². The van der Waals surface area contributed by atoms with Crippen molar-refractivity contribution in [2.24, 2.45) is 0 Å². The topological polar surface area (TPSA) is 31.4 Å². The molecular formula is C23H35ClN4. The summed E-state index contributed by atoms with van der Waals surface area (Å²) in [6, 6.07) is 8.40. The van der Waals surface area contributed by atoms with Gasteiger partial charge in [0.25, 0.3) is 0 Å². The molecule has 1 aromatic heterocycles. The van der Waals surface area contributed by atoms with Gasteiger partial charge in [0.15, 0.2) is 0 Å². The number of benzene rings is 1. The summed E-state index contributed by atoms with van der Waals surface area (Å²) < 4.78 is 0. The Labute approximate surface area is 175 Å². The van der Waals surface area contributed by atoms with Crippen LogP contribution < -0.4 is 5.32 Å². The standard InChI is InChI=1S/C23H35ClN4/c1-3-27(16-17-28-13-5-4-6-14-28)15-7-8-19(2)26-22-11-12-25-23-18-20(24)9-10-21(22)23/h9-12,18-19H,3-8,13-17H2,1-2H3,(H,25,26). The SMILES string of the molecule is CCN(CCCC(C)Nc1ccnc2cc(Cl)ccc12)CCN1CCCCC1. The summed E-state index contributed by atoms with van der Waals surface area (Å²) >= 11 is 6.10. The van der Waals surface area contributed by atoms with Crippen LogP contribution in [-0.4, -0.2) is 60.1 Å². The van der Waals surface area contributed by atoms with Crippen molar-refractivity contribution in [3.63, 3.8) is 0 Å². The Morgan fingerprint density at radius 3 is 2.79 bits per heavy atom. The van der Waals surface area contributed by atoms with Gasteiger partial charge in [0.1, 0.15) is 0 Å². The van der Waals surface area contributed by atoms with Gasteiger partial charge in [-0.15, -0.1) is 0 Å². The molecule has 1 unspecified atom stereocenters. The minimum Gasteiger partial charge on any atom is -0.382 e. The molecule has 1 aromatic carbocycles. The van der Waals surface area contributed by atoms with E-state index in [1.165, 1.54) is 58.4 Å². The van der Waals surface area contributed by atoms with Crippen LogP contribution in [0.3, 0.4) is 0 Å². The van der Waals surface area contributed by atoms with Crippen molar-refractivity contribution in [1.82, 2.24) is 14.8 Å². The van der Waals surface area contributed by atoms with Crippen molar-refractivity contribution in [2.45, 2.75) is 52.0 Å².